The molecule has 0 radical (unpaired) electrons. The van der Waals surface area contributed by atoms with Crippen molar-refractivity contribution in [3.05, 3.63) is 35.4 Å². The van der Waals surface area contributed by atoms with Gasteiger partial charge in [-0.05, 0) is 24.5 Å². The highest BCUT2D eigenvalue weighted by Crippen LogP contribution is 2.14. The number of benzene rings is 1. The topological polar surface area (TPSA) is 48.9 Å². The highest BCUT2D eigenvalue weighted by molar-refractivity contribution is 5.79. The highest BCUT2D eigenvalue weighted by atomic mass is 16.5. The maximum absolute atomic E-state index is 5.46. The molecule has 0 aliphatic carbocycles. The lowest BCUT2D eigenvalue weighted by Gasteiger charge is -2.27. The molecule has 1 aliphatic rings. The van der Waals surface area contributed by atoms with Gasteiger partial charge in [0.15, 0.2) is 5.96 Å². The van der Waals surface area contributed by atoms with Gasteiger partial charge in [-0.25, -0.2) is 4.99 Å². The summed E-state index contributed by atoms with van der Waals surface area (Å²) < 4.78 is 5.46. The van der Waals surface area contributed by atoms with Crippen LogP contribution in [0.1, 0.15) is 50.7 Å². The molecule has 0 bridgehead atoms. The molecule has 0 spiro atoms. The minimum atomic E-state index is 0.713. The fourth-order valence-corrected chi connectivity index (χ4v) is 3.13. The van der Waals surface area contributed by atoms with Crippen molar-refractivity contribution < 1.29 is 4.74 Å². The van der Waals surface area contributed by atoms with E-state index in [1.165, 1.54) is 36.8 Å². The third kappa shape index (κ3) is 7.75. The predicted octanol–water partition coefficient (Wildman–Crippen LogP) is 3.15. The number of hydrogen-bond acceptors (Lipinski definition) is 3. The monoisotopic (exact) mass is 360 g/mol. The van der Waals surface area contributed by atoms with Crippen LogP contribution in [0, 0.1) is 0 Å². The molecule has 26 heavy (non-hydrogen) atoms. The molecular weight excluding hydrogens is 324 g/mol. The number of hydrogen-bond donors (Lipinski definition) is 2. The van der Waals surface area contributed by atoms with Gasteiger partial charge < -0.3 is 15.4 Å². The molecule has 1 fully saturated rings. The van der Waals surface area contributed by atoms with Crippen molar-refractivity contribution in [2.75, 3.05) is 39.4 Å². The molecular formula is C21H36N4O. The normalized spacial score (nSPS) is 15.8. The Labute approximate surface area is 159 Å². The Morgan fingerprint density at radius 1 is 1.04 bits per heavy atom. The summed E-state index contributed by atoms with van der Waals surface area (Å²) in [7, 11) is 0. The standard InChI is InChI=1S/C21H36N4O/c1-3-5-6-9-12-23-21(22-4-2)24-17-19-10-7-8-11-20(19)18-25-13-15-26-16-14-25/h7-8,10-11H,3-6,9,12-18H2,1-2H3,(H2,22,23,24). The van der Waals surface area contributed by atoms with Gasteiger partial charge in [-0.2, -0.15) is 0 Å². The van der Waals surface area contributed by atoms with E-state index in [0.29, 0.717) is 6.54 Å². The van der Waals surface area contributed by atoms with Gasteiger partial charge in [-0.3, -0.25) is 4.90 Å². The van der Waals surface area contributed by atoms with Crippen molar-refractivity contribution >= 4 is 5.96 Å². The molecule has 1 aliphatic heterocycles. The van der Waals surface area contributed by atoms with Gasteiger partial charge in [0.05, 0.1) is 19.8 Å². The molecule has 2 rings (SSSR count). The smallest absolute Gasteiger partial charge is 0.191 e. The van der Waals surface area contributed by atoms with E-state index in [-0.39, 0.29) is 0 Å². The van der Waals surface area contributed by atoms with E-state index >= 15 is 0 Å². The summed E-state index contributed by atoms with van der Waals surface area (Å²) in [6, 6.07) is 8.66. The van der Waals surface area contributed by atoms with Crippen LogP contribution in [0.5, 0.6) is 0 Å². The van der Waals surface area contributed by atoms with Crippen LogP contribution in [0.4, 0.5) is 0 Å². The van der Waals surface area contributed by atoms with Gasteiger partial charge in [-0.15, -0.1) is 0 Å². The SMILES string of the molecule is CCCCCCNC(=NCc1ccccc1CN1CCOCC1)NCC. The Kier molecular flexibility index (Phi) is 10.1. The zero-order chi connectivity index (χ0) is 18.5. The van der Waals surface area contributed by atoms with Gasteiger partial charge in [0, 0.05) is 32.7 Å². The van der Waals surface area contributed by atoms with Crippen LogP contribution in [-0.2, 0) is 17.8 Å². The molecule has 0 amide bonds. The first-order valence-electron chi connectivity index (χ1n) is 10.2. The maximum atomic E-state index is 5.46. The van der Waals surface area contributed by atoms with Crippen LogP contribution in [0.3, 0.4) is 0 Å². The molecule has 0 atom stereocenters. The number of unbranched alkanes of at least 4 members (excludes halogenated alkanes) is 3. The molecule has 1 aromatic carbocycles. The molecule has 0 saturated carbocycles. The van der Waals surface area contributed by atoms with E-state index in [1.807, 2.05) is 0 Å². The van der Waals surface area contributed by atoms with Crippen LogP contribution >= 0.6 is 0 Å². The summed E-state index contributed by atoms with van der Waals surface area (Å²) in [4.78, 5) is 7.27. The van der Waals surface area contributed by atoms with E-state index in [9.17, 15) is 0 Å². The summed E-state index contributed by atoms with van der Waals surface area (Å²) in [6.07, 6.45) is 5.07. The number of nitrogens with zero attached hydrogens (tertiary/aromatic N) is 2. The third-order valence-electron chi connectivity index (χ3n) is 4.69. The van der Waals surface area contributed by atoms with E-state index in [2.05, 4.69) is 53.6 Å². The lowest BCUT2D eigenvalue weighted by molar-refractivity contribution is 0.0341. The second-order valence-electron chi connectivity index (χ2n) is 6.84. The average Bonchev–Trinajstić information content (AvgIpc) is 2.67. The molecule has 146 valence electrons. The Balaban J connectivity index is 1.90. The molecule has 2 N–H and O–H groups in total. The maximum Gasteiger partial charge on any atom is 0.191 e. The zero-order valence-corrected chi connectivity index (χ0v) is 16.6. The van der Waals surface area contributed by atoms with E-state index in [1.54, 1.807) is 0 Å². The fraction of sp³-hybridized carbons (Fsp3) is 0.667. The number of rotatable bonds is 10. The van der Waals surface area contributed by atoms with Gasteiger partial charge in [-0.1, -0.05) is 50.5 Å². The first kappa shape index (κ1) is 20.7. The largest absolute Gasteiger partial charge is 0.379 e. The van der Waals surface area contributed by atoms with Crippen LogP contribution < -0.4 is 10.6 Å². The molecule has 1 aromatic rings. The van der Waals surface area contributed by atoms with Crippen molar-refractivity contribution in [1.29, 1.82) is 0 Å². The van der Waals surface area contributed by atoms with Gasteiger partial charge >= 0.3 is 0 Å². The van der Waals surface area contributed by atoms with Crippen LogP contribution in [0.15, 0.2) is 29.3 Å². The lowest BCUT2D eigenvalue weighted by Crippen LogP contribution is -2.37. The Bertz CT molecular complexity index is 526. The predicted molar refractivity (Wildman–Crippen MR) is 109 cm³/mol. The molecule has 1 saturated heterocycles. The van der Waals surface area contributed by atoms with E-state index < -0.39 is 0 Å². The van der Waals surface area contributed by atoms with Crippen molar-refractivity contribution in [3.63, 3.8) is 0 Å². The van der Waals surface area contributed by atoms with Crippen molar-refractivity contribution in [1.82, 2.24) is 15.5 Å². The minimum absolute atomic E-state index is 0.713. The fourth-order valence-electron chi connectivity index (χ4n) is 3.13. The van der Waals surface area contributed by atoms with Gasteiger partial charge in [0.1, 0.15) is 0 Å². The van der Waals surface area contributed by atoms with Crippen molar-refractivity contribution in [3.8, 4) is 0 Å². The molecule has 0 unspecified atom stereocenters. The van der Waals surface area contributed by atoms with Gasteiger partial charge in [0.2, 0.25) is 0 Å². The summed E-state index contributed by atoms with van der Waals surface area (Å²) in [5.74, 6) is 0.921. The lowest BCUT2D eigenvalue weighted by atomic mass is 10.1. The number of aliphatic imine (C=N–C) groups is 1. The van der Waals surface area contributed by atoms with Gasteiger partial charge in [0.25, 0.3) is 0 Å². The number of guanidine groups is 1. The van der Waals surface area contributed by atoms with Crippen molar-refractivity contribution in [2.24, 2.45) is 4.99 Å². The summed E-state index contributed by atoms with van der Waals surface area (Å²) in [6.45, 7) is 11.6. The zero-order valence-electron chi connectivity index (χ0n) is 16.6. The number of morpholine rings is 1. The summed E-state index contributed by atoms with van der Waals surface area (Å²) in [5.41, 5.74) is 2.68. The van der Waals surface area contributed by atoms with E-state index in [4.69, 9.17) is 9.73 Å². The Morgan fingerprint density at radius 3 is 2.54 bits per heavy atom. The number of nitrogens with one attached hydrogen (secondary N) is 2. The second-order valence-corrected chi connectivity index (χ2v) is 6.84. The molecule has 0 aromatic heterocycles. The molecule has 5 nitrogen and oxygen atoms in total. The summed E-state index contributed by atoms with van der Waals surface area (Å²) in [5, 5.41) is 6.82. The first-order chi connectivity index (χ1) is 12.8. The highest BCUT2D eigenvalue weighted by Gasteiger charge is 2.12. The Morgan fingerprint density at radius 2 is 1.81 bits per heavy atom. The van der Waals surface area contributed by atoms with Crippen LogP contribution in [-0.4, -0.2) is 50.3 Å². The molecule has 5 heteroatoms. The Hall–Kier alpha value is -1.59. The third-order valence-corrected chi connectivity index (χ3v) is 4.69. The van der Waals surface area contributed by atoms with Crippen LogP contribution in [0.25, 0.3) is 0 Å². The van der Waals surface area contributed by atoms with Crippen molar-refractivity contribution in [2.45, 2.75) is 52.6 Å². The van der Waals surface area contributed by atoms with E-state index in [0.717, 1.165) is 51.9 Å². The second kappa shape index (κ2) is 12.7. The molecule has 1 heterocycles. The van der Waals surface area contributed by atoms with Crippen LogP contribution in [0.2, 0.25) is 0 Å². The minimum Gasteiger partial charge on any atom is -0.379 e. The summed E-state index contributed by atoms with van der Waals surface area (Å²) >= 11 is 0. The quantitative estimate of drug-likeness (QED) is 0.382. The first-order valence-corrected chi connectivity index (χ1v) is 10.2. The number of ether oxygens (including phenoxy) is 1. The average molecular weight is 361 g/mol.